The van der Waals surface area contributed by atoms with Gasteiger partial charge >= 0.3 is 0 Å². The van der Waals surface area contributed by atoms with Crippen molar-refractivity contribution in [2.24, 2.45) is 7.05 Å². The first-order valence-corrected chi connectivity index (χ1v) is 11.1. The summed E-state index contributed by atoms with van der Waals surface area (Å²) >= 11 is 1.45. The van der Waals surface area contributed by atoms with Crippen LogP contribution in [-0.4, -0.2) is 61.9 Å². The van der Waals surface area contributed by atoms with Crippen molar-refractivity contribution in [2.45, 2.75) is 30.8 Å². The van der Waals surface area contributed by atoms with Crippen molar-refractivity contribution in [1.29, 1.82) is 0 Å². The van der Waals surface area contributed by atoms with E-state index in [1.807, 2.05) is 42.5 Å². The maximum Gasteiger partial charge on any atom is 0.235 e. The van der Waals surface area contributed by atoms with E-state index < -0.39 is 0 Å². The van der Waals surface area contributed by atoms with Crippen LogP contribution < -0.4 is 0 Å². The number of thioether (sulfide) groups is 1. The molecule has 0 saturated carbocycles. The van der Waals surface area contributed by atoms with Gasteiger partial charge in [0.1, 0.15) is 5.76 Å². The Bertz CT molecular complexity index is 992. The molecule has 0 spiro atoms. The summed E-state index contributed by atoms with van der Waals surface area (Å²) in [6.45, 7) is 8.09. The molecule has 0 aliphatic carbocycles. The van der Waals surface area contributed by atoms with Crippen LogP contribution in [0.3, 0.4) is 0 Å². The van der Waals surface area contributed by atoms with E-state index in [9.17, 15) is 4.79 Å². The first kappa shape index (κ1) is 20.7. The second kappa shape index (κ2) is 9.06. The van der Waals surface area contributed by atoms with E-state index in [1.54, 1.807) is 6.26 Å². The van der Waals surface area contributed by atoms with Gasteiger partial charge in [0.15, 0.2) is 11.0 Å². The number of aromatic nitrogens is 3. The number of piperazine rings is 1. The number of rotatable bonds is 6. The highest BCUT2D eigenvalue weighted by atomic mass is 32.2. The van der Waals surface area contributed by atoms with Crippen LogP contribution in [0.2, 0.25) is 0 Å². The molecule has 30 heavy (non-hydrogen) atoms. The molecule has 0 radical (unpaired) electrons. The number of benzene rings is 1. The highest BCUT2D eigenvalue weighted by molar-refractivity contribution is 8.00. The van der Waals surface area contributed by atoms with Crippen molar-refractivity contribution in [1.82, 2.24) is 24.6 Å². The molecule has 3 aromatic rings. The van der Waals surface area contributed by atoms with Gasteiger partial charge in [0.05, 0.1) is 17.1 Å². The fraction of sp³-hybridized carbons (Fsp3) is 0.409. The van der Waals surface area contributed by atoms with E-state index in [-0.39, 0.29) is 11.2 Å². The molecule has 1 aromatic carbocycles. The summed E-state index contributed by atoms with van der Waals surface area (Å²) in [5, 5.41) is 9.10. The summed E-state index contributed by atoms with van der Waals surface area (Å²) in [5.41, 5.74) is 2.23. The fourth-order valence-electron chi connectivity index (χ4n) is 3.70. The largest absolute Gasteiger partial charge is 0.469 e. The van der Waals surface area contributed by atoms with Gasteiger partial charge in [0.25, 0.3) is 0 Å². The molecule has 1 amide bonds. The molecule has 0 unspecified atom stereocenters. The third-order valence-electron chi connectivity index (χ3n) is 5.50. The Morgan fingerprint density at radius 1 is 1.13 bits per heavy atom. The second-order valence-corrected chi connectivity index (χ2v) is 8.91. The van der Waals surface area contributed by atoms with Gasteiger partial charge in [0, 0.05) is 39.8 Å². The van der Waals surface area contributed by atoms with E-state index in [2.05, 4.69) is 39.4 Å². The van der Waals surface area contributed by atoms with Gasteiger partial charge < -0.3 is 13.9 Å². The van der Waals surface area contributed by atoms with Gasteiger partial charge in [-0.3, -0.25) is 9.69 Å². The maximum absolute atomic E-state index is 13.0. The predicted octanol–water partition coefficient (Wildman–Crippen LogP) is 3.21. The minimum atomic E-state index is -0.216. The van der Waals surface area contributed by atoms with Crippen LogP contribution >= 0.6 is 11.8 Å². The van der Waals surface area contributed by atoms with Gasteiger partial charge in [-0.2, -0.15) is 0 Å². The third-order valence-corrected chi connectivity index (χ3v) is 6.62. The van der Waals surface area contributed by atoms with E-state index in [4.69, 9.17) is 4.42 Å². The summed E-state index contributed by atoms with van der Waals surface area (Å²) in [5.74, 6) is 1.71. The molecule has 1 atom stereocenters. The number of nitrogens with zero attached hydrogens (tertiary/aromatic N) is 5. The fourth-order valence-corrected chi connectivity index (χ4v) is 4.60. The van der Waals surface area contributed by atoms with Crippen LogP contribution in [0.15, 0.2) is 52.2 Å². The Balaban J connectivity index is 1.33. The number of amides is 1. The van der Waals surface area contributed by atoms with E-state index in [0.717, 1.165) is 55.0 Å². The number of aryl methyl sites for hydroxylation is 1. The molecule has 4 rings (SSSR count). The lowest BCUT2D eigenvalue weighted by Crippen LogP contribution is -2.50. The summed E-state index contributed by atoms with van der Waals surface area (Å²) in [6, 6.07) is 12.4. The highest BCUT2D eigenvalue weighted by Crippen LogP contribution is 2.28. The normalized spacial score (nSPS) is 16.0. The molecule has 1 aliphatic heterocycles. The maximum atomic E-state index is 13.0. The lowest BCUT2D eigenvalue weighted by Gasteiger charge is -2.35. The van der Waals surface area contributed by atoms with Crippen LogP contribution in [0.1, 0.15) is 18.2 Å². The van der Waals surface area contributed by atoms with Crippen molar-refractivity contribution in [3.8, 4) is 11.4 Å². The number of carbonyl (C=O) groups excluding carboxylic acids is 1. The standard InChI is InChI=1S/C22H27N5O2S/c1-16-19(9-14-29-16)20-23-24-22(25(20)3)30-17(2)21(28)27-12-10-26(11-13-27)15-18-7-5-4-6-8-18/h4-9,14,17H,10-13,15H2,1-3H3/t17-/m1/s1. The number of hydrogen-bond acceptors (Lipinski definition) is 6. The molecule has 158 valence electrons. The number of carbonyl (C=O) groups is 1. The average molecular weight is 426 g/mol. The molecule has 3 heterocycles. The molecule has 1 saturated heterocycles. The SMILES string of the molecule is Cc1occc1-c1nnc(S[C@H](C)C(=O)N2CCN(Cc3ccccc3)CC2)n1C. The quantitative estimate of drug-likeness (QED) is 0.565. The smallest absolute Gasteiger partial charge is 0.235 e. The Hall–Kier alpha value is -2.58. The van der Waals surface area contributed by atoms with Crippen molar-refractivity contribution in [3.63, 3.8) is 0 Å². The van der Waals surface area contributed by atoms with Crippen LogP contribution in [0.4, 0.5) is 0 Å². The van der Waals surface area contributed by atoms with Crippen molar-refractivity contribution in [3.05, 3.63) is 54.0 Å². The molecule has 1 aliphatic rings. The third kappa shape index (κ3) is 4.44. The van der Waals surface area contributed by atoms with Crippen molar-refractivity contribution in [2.75, 3.05) is 26.2 Å². The van der Waals surface area contributed by atoms with Crippen LogP contribution in [0.5, 0.6) is 0 Å². The Labute approximate surface area is 181 Å². The van der Waals surface area contributed by atoms with Crippen molar-refractivity contribution < 1.29 is 9.21 Å². The predicted molar refractivity (Wildman–Crippen MR) is 117 cm³/mol. The highest BCUT2D eigenvalue weighted by Gasteiger charge is 2.27. The zero-order chi connectivity index (χ0) is 21.1. The number of hydrogen-bond donors (Lipinski definition) is 0. The van der Waals surface area contributed by atoms with Gasteiger partial charge in [-0.05, 0) is 25.5 Å². The monoisotopic (exact) mass is 425 g/mol. The minimum Gasteiger partial charge on any atom is -0.469 e. The summed E-state index contributed by atoms with van der Waals surface area (Å²) in [7, 11) is 1.92. The van der Waals surface area contributed by atoms with Gasteiger partial charge in [-0.25, -0.2) is 0 Å². The molecule has 8 heteroatoms. The molecule has 0 N–H and O–H groups in total. The average Bonchev–Trinajstić information content (AvgIpc) is 3.34. The van der Waals surface area contributed by atoms with Gasteiger partial charge in [-0.15, -0.1) is 10.2 Å². The Kier molecular flexibility index (Phi) is 6.24. The first-order valence-electron chi connectivity index (χ1n) is 10.2. The van der Waals surface area contributed by atoms with Crippen LogP contribution in [0.25, 0.3) is 11.4 Å². The van der Waals surface area contributed by atoms with E-state index in [1.165, 1.54) is 17.3 Å². The van der Waals surface area contributed by atoms with Gasteiger partial charge in [-0.1, -0.05) is 42.1 Å². The van der Waals surface area contributed by atoms with Gasteiger partial charge in [0.2, 0.25) is 5.91 Å². The summed E-state index contributed by atoms with van der Waals surface area (Å²) in [6.07, 6.45) is 1.65. The molecule has 1 fully saturated rings. The molecular formula is C22H27N5O2S. The zero-order valence-electron chi connectivity index (χ0n) is 17.6. The molecule has 0 bridgehead atoms. The minimum absolute atomic E-state index is 0.156. The van der Waals surface area contributed by atoms with Crippen LogP contribution in [0, 0.1) is 6.92 Å². The summed E-state index contributed by atoms with van der Waals surface area (Å²) in [4.78, 5) is 17.4. The number of furan rings is 1. The zero-order valence-corrected chi connectivity index (χ0v) is 18.4. The van der Waals surface area contributed by atoms with E-state index >= 15 is 0 Å². The molecular weight excluding hydrogens is 398 g/mol. The molecule has 7 nitrogen and oxygen atoms in total. The van der Waals surface area contributed by atoms with E-state index in [0.29, 0.717) is 0 Å². The Morgan fingerprint density at radius 3 is 2.53 bits per heavy atom. The lowest BCUT2D eigenvalue weighted by atomic mass is 10.2. The second-order valence-electron chi connectivity index (χ2n) is 7.60. The lowest BCUT2D eigenvalue weighted by molar-refractivity contribution is -0.132. The Morgan fingerprint density at radius 2 is 1.87 bits per heavy atom. The first-order chi connectivity index (χ1) is 14.5. The van der Waals surface area contributed by atoms with Crippen LogP contribution in [-0.2, 0) is 18.4 Å². The topological polar surface area (TPSA) is 67.4 Å². The van der Waals surface area contributed by atoms with Crippen molar-refractivity contribution >= 4 is 17.7 Å². The summed E-state index contributed by atoms with van der Waals surface area (Å²) < 4.78 is 7.30. The molecule has 2 aromatic heterocycles.